The molecule has 0 amide bonds. The summed E-state index contributed by atoms with van der Waals surface area (Å²) in [6.07, 6.45) is 2.48. The highest BCUT2D eigenvalue weighted by Crippen LogP contribution is 2.27. The topological polar surface area (TPSA) is 80.4 Å². The van der Waals surface area contributed by atoms with E-state index in [2.05, 4.69) is 0 Å². The maximum Gasteiger partial charge on any atom is 0.156 e. The molecule has 1 aromatic carbocycles. The Morgan fingerprint density at radius 2 is 1.79 bits per heavy atom. The maximum absolute atomic E-state index is 12.2. The second-order valence-corrected chi connectivity index (χ2v) is 7.52. The third kappa shape index (κ3) is 3.55. The van der Waals surface area contributed by atoms with Gasteiger partial charge in [0.05, 0.1) is 17.1 Å². The molecule has 1 saturated carbocycles. The van der Waals surface area contributed by atoms with E-state index in [4.69, 9.17) is 5.73 Å². The second-order valence-electron chi connectivity index (χ2n) is 5.20. The summed E-state index contributed by atoms with van der Waals surface area (Å²) in [5.74, 6) is -0.181. The molecule has 1 aliphatic carbocycles. The molecule has 1 fully saturated rings. The van der Waals surface area contributed by atoms with Gasteiger partial charge in [-0.1, -0.05) is 37.1 Å². The molecule has 1 atom stereocenters. The van der Waals surface area contributed by atoms with E-state index in [0.29, 0.717) is 12.1 Å². The fraction of sp³-hybridized carbons (Fsp3) is 0.571. The lowest BCUT2D eigenvalue weighted by atomic mass is 10.1. The van der Waals surface area contributed by atoms with Gasteiger partial charge in [-0.15, -0.1) is 0 Å². The van der Waals surface area contributed by atoms with Crippen LogP contribution >= 0.6 is 0 Å². The quantitative estimate of drug-likeness (QED) is 0.859. The van der Waals surface area contributed by atoms with Crippen molar-refractivity contribution < 1.29 is 13.5 Å². The third-order valence-electron chi connectivity index (χ3n) is 3.80. The van der Waals surface area contributed by atoms with Crippen LogP contribution < -0.4 is 5.73 Å². The van der Waals surface area contributed by atoms with Crippen LogP contribution in [-0.4, -0.2) is 24.5 Å². The average molecular weight is 283 g/mol. The standard InChI is InChI=1S/C14H21NO3S/c15-9-11-5-7-12(8-6-11)14(16)10-19(17,18)13-3-1-2-4-13/h5-8,13-14,16H,1-4,9-10,15H2. The number of aliphatic hydroxyl groups is 1. The van der Waals surface area contributed by atoms with Gasteiger partial charge in [0.25, 0.3) is 0 Å². The number of nitrogens with two attached hydrogens (primary N) is 1. The number of aliphatic hydroxyl groups excluding tert-OH is 1. The summed E-state index contributed by atoms with van der Waals surface area (Å²) in [6, 6.07) is 7.13. The predicted octanol–water partition coefficient (Wildman–Crippen LogP) is 1.54. The number of benzene rings is 1. The third-order valence-corrected chi connectivity index (χ3v) is 6.07. The van der Waals surface area contributed by atoms with Gasteiger partial charge in [-0.2, -0.15) is 0 Å². The van der Waals surface area contributed by atoms with E-state index in [1.165, 1.54) is 0 Å². The predicted molar refractivity (Wildman–Crippen MR) is 75.3 cm³/mol. The lowest BCUT2D eigenvalue weighted by molar-refractivity contribution is 0.201. The van der Waals surface area contributed by atoms with Gasteiger partial charge in [0.15, 0.2) is 9.84 Å². The molecule has 1 unspecified atom stereocenters. The van der Waals surface area contributed by atoms with Crippen LogP contribution in [0.3, 0.4) is 0 Å². The Morgan fingerprint density at radius 3 is 2.32 bits per heavy atom. The molecule has 0 radical (unpaired) electrons. The summed E-state index contributed by atoms with van der Waals surface area (Å²) in [7, 11) is -3.20. The first-order valence-electron chi connectivity index (χ1n) is 6.71. The van der Waals surface area contributed by atoms with E-state index < -0.39 is 15.9 Å². The molecule has 0 heterocycles. The Kier molecular flexibility index (Phi) is 4.60. The summed E-state index contributed by atoms with van der Waals surface area (Å²) in [6.45, 7) is 0.441. The number of sulfone groups is 1. The lowest BCUT2D eigenvalue weighted by Gasteiger charge is -2.15. The van der Waals surface area contributed by atoms with Gasteiger partial charge in [0.1, 0.15) is 0 Å². The minimum absolute atomic E-state index is 0.181. The van der Waals surface area contributed by atoms with Gasteiger partial charge < -0.3 is 10.8 Å². The van der Waals surface area contributed by atoms with Crippen molar-refractivity contribution in [3.8, 4) is 0 Å². The molecule has 1 aliphatic rings. The smallest absolute Gasteiger partial charge is 0.156 e. The molecule has 0 aliphatic heterocycles. The minimum atomic E-state index is -3.20. The van der Waals surface area contributed by atoms with Gasteiger partial charge in [0.2, 0.25) is 0 Å². The Morgan fingerprint density at radius 1 is 1.21 bits per heavy atom. The van der Waals surface area contributed by atoms with Crippen LogP contribution in [-0.2, 0) is 16.4 Å². The Hall–Kier alpha value is -0.910. The monoisotopic (exact) mass is 283 g/mol. The highest BCUT2D eigenvalue weighted by atomic mass is 32.2. The van der Waals surface area contributed by atoms with Gasteiger partial charge in [-0.05, 0) is 24.0 Å². The summed E-state index contributed by atoms with van der Waals surface area (Å²) in [5, 5.41) is 9.81. The van der Waals surface area contributed by atoms with Crippen molar-refractivity contribution in [1.29, 1.82) is 0 Å². The first kappa shape index (κ1) is 14.5. The van der Waals surface area contributed by atoms with Crippen molar-refractivity contribution in [3.63, 3.8) is 0 Å². The van der Waals surface area contributed by atoms with E-state index >= 15 is 0 Å². The first-order valence-corrected chi connectivity index (χ1v) is 8.43. The van der Waals surface area contributed by atoms with Gasteiger partial charge in [-0.25, -0.2) is 8.42 Å². The second kappa shape index (κ2) is 6.03. The number of hydrogen-bond acceptors (Lipinski definition) is 4. The fourth-order valence-electron chi connectivity index (χ4n) is 2.58. The van der Waals surface area contributed by atoms with Crippen molar-refractivity contribution >= 4 is 9.84 Å². The molecular formula is C14H21NO3S. The summed E-state index contributed by atoms with van der Waals surface area (Å²) < 4.78 is 24.3. The van der Waals surface area contributed by atoms with Crippen molar-refractivity contribution in [1.82, 2.24) is 0 Å². The minimum Gasteiger partial charge on any atom is -0.387 e. The molecule has 2 rings (SSSR count). The van der Waals surface area contributed by atoms with E-state index in [1.54, 1.807) is 12.1 Å². The molecule has 1 aromatic rings. The van der Waals surface area contributed by atoms with E-state index in [-0.39, 0.29) is 11.0 Å². The summed E-state index contributed by atoms with van der Waals surface area (Å²) in [4.78, 5) is 0. The lowest BCUT2D eigenvalue weighted by Crippen LogP contribution is -2.24. The van der Waals surface area contributed by atoms with Crippen LogP contribution in [0.15, 0.2) is 24.3 Å². The van der Waals surface area contributed by atoms with Crippen LogP contribution in [0.5, 0.6) is 0 Å². The molecule has 0 saturated heterocycles. The maximum atomic E-state index is 12.2. The summed E-state index contributed by atoms with van der Waals surface area (Å²) in [5.41, 5.74) is 7.11. The molecule has 4 nitrogen and oxygen atoms in total. The van der Waals surface area contributed by atoms with Gasteiger partial charge in [0, 0.05) is 6.54 Å². The average Bonchev–Trinajstić information content (AvgIpc) is 2.93. The zero-order valence-corrected chi connectivity index (χ0v) is 11.8. The van der Waals surface area contributed by atoms with Crippen LogP contribution in [0.1, 0.15) is 42.9 Å². The molecule has 0 bridgehead atoms. The van der Waals surface area contributed by atoms with Crippen molar-refractivity contribution in [2.24, 2.45) is 5.73 Å². The molecule has 19 heavy (non-hydrogen) atoms. The van der Waals surface area contributed by atoms with Gasteiger partial charge >= 0.3 is 0 Å². The van der Waals surface area contributed by atoms with Crippen LogP contribution in [0.4, 0.5) is 0 Å². The van der Waals surface area contributed by atoms with Crippen molar-refractivity contribution in [3.05, 3.63) is 35.4 Å². The van der Waals surface area contributed by atoms with E-state index in [1.807, 2.05) is 12.1 Å². The summed E-state index contributed by atoms with van der Waals surface area (Å²) >= 11 is 0. The highest BCUT2D eigenvalue weighted by Gasteiger charge is 2.30. The molecule has 5 heteroatoms. The van der Waals surface area contributed by atoms with Gasteiger partial charge in [-0.3, -0.25) is 0 Å². The molecule has 0 aromatic heterocycles. The fourth-order valence-corrected chi connectivity index (χ4v) is 4.53. The van der Waals surface area contributed by atoms with Crippen molar-refractivity contribution in [2.75, 3.05) is 5.75 Å². The number of rotatable bonds is 5. The van der Waals surface area contributed by atoms with Crippen LogP contribution in [0.25, 0.3) is 0 Å². The number of hydrogen-bond donors (Lipinski definition) is 2. The zero-order chi connectivity index (χ0) is 13.9. The molecule has 3 N–H and O–H groups in total. The molecule has 0 spiro atoms. The van der Waals surface area contributed by atoms with Crippen molar-refractivity contribution in [2.45, 2.75) is 43.6 Å². The SMILES string of the molecule is NCc1ccc(C(O)CS(=O)(=O)C2CCCC2)cc1. The molecule has 106 valence electrons. The van der Waals surface area contributed by atoms with E-state index in [0.717, 1.165) is 31.2 Å². The molecular weight excluding hydrogens is 262 g/mol. The normalized spacial score (nSPS) is 18.6. The van der Waals surface area contributed by atoms with E-state index in [9.17, 15) is 13.5 Å². The van der Waals surface area contributed by atoms with Crippen LogP contribution in [0, 0.1) is 0 Å². The zero-order valence-electron chi connectivity index (χ0n) is 11.0. The Bertz CT molecular complexity index is 504. The highest BCUT2D eigenvalue weighted by molar-refractivity contribution is 7.92. The largest absolute Gasteiger partial charge is 0.387 e. The Labute approximate surface area is 114 Å². The van der Waals surface area contributed by atoms with Crippen LogP contribution in [0.2, 0.25) is 0 Å². The first-order chi connectivity index (χ1) is 9.03. The Balaban J connectivity index is 2.04.